The van der Waals surface area contributed by atoms with Gasteiger partial charge in [-0.1, -0.05) is 56.0 Å². The van der Waals surface area contributed by atoms with Gasteiger partial charge >= 0.3 is 0 Å². The third-order valence-corrected chi connectivity index (χ3v) is 6.71. The number of nitrogens with zero attached hydrogens (tertiary/aromatic N) is 2. The lowest BCUT2D eigenvalue weighted by molar-refractivity contribution is 0.0948. The van der Waals surface area contributed by atoms with E-state index in [0.717, 1.165) is 52.0 Å². The summed E-state index contributed by atoms with van der Waals surface area (Å²) < 4.78 is 11.0. The van der Waals surface area contributed by atoms with E-state index in [1.807, 2.05) is 41.8 Å². The Kier molecular flexibility index (Phi) is 8.79. The molecule has 0 radical (unpaired) electrons. The maximum absolute atomic E-state index is 12.5. The summed E-state index contributed by atoms with van der Waals surface area (Å²) in [4.78, 5) is 19.4. The number of amides is 1. The number of hydrogen-bond donors (Lipinski definition) is 1. The van der Waals surface area contributed by atoms with E-state index in [9.17, 15) is 4.79 Å². The monoisotopic (exact) mass is 499 g/mol. The highest BCUT2D eigenvalue weighted by Crippen LogP contribution is 2.33. The number of benzene rings is 2. The molecule has 34 heavy (non-hydrogen) atoms. The van der Waals surface area contributed by atoms with Crippen LogP contribution in [0.25, 0.3) is 0 Å². The largest absolute Gasteiger partial charge is 0.454 e. The van der Waals surface area contributed by atoms with Gasteiger partial charge in [0.25, 0.3) is 5.91 Å². The summed E-state index contributed by atoms with van der Waals surface area (Å²) in [5, 5.41) is 6.46. The number of hydrogen-bond acceptors (Lipinski definition) is 6. The zero-order valence-electron chi connectivity index (χ0n) is 19.4. The second kappa shape index (κ2) is 12.2. The molecule has 6 nitrogen and oxygen atoms in total. The number of rotatable bonds is 12. The molecular weight excluding hydrogens is 470 g/mol. The molecule has 0 bridgehead atoms. The third-order valence-electron chi connectivity index (χ3n) is 5.62. The van der Waals surface area contributed by atoms with Crippen molar-refractivity contribution in [3.63, 3.8) is 0 Å². The van der Waals surface area contributed by atoms with E-state index in [1.54, 1.807) is 0 Å². The van der Waals surface area contributed by atoms with E-state index in [0.29, 0.717) is 25.3 Å². The minimum absolute atomic E-state index is 0.0981. The summed E-state index contributed by atoms with van der Waals surface area (Å²) in [7, 11) is 0. The number of ether oxygens (including phenoxy) is 2. The minimum atomic E-state index is -0.0981. The number of fused-ring (bicyclic) bond motifs is 1. The summed E-state index contributed by atoms with van der Waals surface area (Å²) in [5.41, 5.74) is 2.77. The van der Waals surface area contributed by atoms with Crippen LogP contribution >= 0.6 is 22.9 Å². The molecule has 1 amide bonds. The Bertz CT molecular complexity index is 1090. The van der Waals surface area contributed by atoms with Crippen molar-refractivity contribution in [3.05, 3.63) is 74.7 Å². The molecule has 0 unspecified atom stereocenters. The highest BCUT2D eigenvalue weighted by molar-refractivity contribution is 7.09. The van der Waals surface area contributed by atoms with Gasteiger partial charge in [-0.05, 0) is 41.8 Å². The Balaban J connectivity index is 1.42. The first-order valence-corrected chi connectivity index (χ1v) is 12.9. The fourth-order valence-corrected chi connectivity index (χ4v) is 4.78. The van der Waals surface area contributed by atoms with Gasteiger partial charge in [-0.3, -0.25) is 9.69 Å². The van der Waals surface area contributed by atoms with Crippen LogP contribution in [-0.4, -0.2) is 29.1 Å². The smallest absolute Gasteiger partial charge is 0.270 e. The average Bonchev–Trinajstić information content (AvgIpc) is 3.49. The molecule has 3 aromatic rings. The normalized spacial score (nSPS) is 12.3. The van der Waals surface area contributed by atoms with Crippen molar-refractivity contribution in [1.29, 1.82) is 0 Å². The lowest BCUT2D eigenvalue weighted by Gasteiger charge is -2.22. The van der Waals surface area contributed by atoms with Crippen molar-refractivity contribution in [3.8, 4) is 11.5 Å². The summed E-state index contributed by atoms with van der Waals surface area (Å²) in [6, 6.07) is 13.9. The zero-order valence-corrected chi connectivity index (χ0v) is 21.0. The van der Waals surface area contributed by atoms with Crippen molar-refractivity contribution >= 4 is 28.8 Å². The van der Waals surface area contributed by atoms with E-state index >= 15 is 0 Å². The molecular formula is C26H30ClN3O3S. The van der Waals surface area contributed by atoms with Gasteiger partial charge in [0.15, 0.2) is 11.5 Å². The minimum Gasteiger partial charge on any atom is -0.454 e. The van der Waals surface area contributed by atoms with Crippen LogP contribution in [0.2, 0.25) is 5.02 Å². The maximum atomic E-state index is 12.5. The summed E-state index contributed by atoms with van der Waals surface area (Å²) >= 11 is 7.59. The highest BCUT2D eigenvalue weighted by atomic mass is 35.5. The number of halogens is 1. The molecule has 0 fully saturated rings. The van der Waals surface area contributed by atoms with Crippen LogP contribution in [0.1, 0.15) is 59.2 Å². The number of aromatic nitrogens is 1. The Morgan fingerprint density at radius 2 is 1.79 bits per heavy atom. The van der Waals surface area contributed by atoms with Crippen LogP contribution in [-0.2, 0) is 19.6 Å². The molecule has 2 aromatic carbocycles. The van der Waals surface area contributed by atoms with Crippen molar-refractivity contribution in [2.75, 3.05) is 13.3 Å². The Morgan fingerprint density at radius 1 is 1.03 bits per heavy atom. The molecule has 0 saturated carbocycles. The number of thiazole rings is 1. The van der Waals surface area contributed by atoms with Crippen LogP contribution in [0, 0.1) is 0 Å². The molecule has 0 atom stereocenters. The molecule has 8 heteroatoms. The van der Waals surface area contributed by atoms with Gasteiger partial charge in [0.1, 0.15) is 10.7 Å². The van der Waals surface area contributed by atoms with Gasteiger partial charge in [-0.25, -0.2) is 4.98 Å². The second-order valence-electron chi connectivity index (χ2n) is 8.40. The molecule has 4 rings (SSSR count). The number of nitrogens with one attached hydrogen (secondary N) is 1. The van der Waals surface area contributed by atoms with E-state index in [-0.39, 0.29) is 12.7 Å². The van der Waals surface area contributed by atoms with E-state index < -0.39 is 0 Å². The molecule has 0 spiro atoms. The van der Waals surface area contributed by atoms with Gasteiger partial charge in [0.05, 0.1) is 6.54 Å². The molecule has 1 aliphatic heterocycles. The Hall–Kier alpha value is -2.61. The number of carbonyl (C=O) groups excluding carboxylic acids is 1. The van der Waals surface area contributed by atoms with Crippen LogP contribution in [0.3, 0.4) is 0 Å². The molecule has 1 aliphatic rings. The van der Waals surface area contributed by atoms with Crippen LogP contribution < -0.4 is 14.8 Å². The summed E-state index contributed by atoms with van der Waals surface area (Å²) in [5.74, 6) is 1.45. The van der Waals surface area contributed by atoms with Crippen LogP contribution in [0.15, 0.2) is 47.8 Å². The second-order valence-corrected chi connectivity index (χ2v) is 9.78. The van der Waals surface area contributed by atoms with Crippen molar-refractivity contribution in [2.45, 2.75) is 52.2 Å². The van der Waals surface area contributed by atoms with Crippen LogP contribution in [0.4, 0.5) is 0 Å². The van der Waals surface area contributed by atoms with E-state index in [1.165, 1.54) is 24.2 Å². The third kappa shape index (κ3) is 6.95. The summed E-state index contributed by atoms with van der Waals surface area (Å²) in [6.45, 7) is 5.19. The molecule has 180 valence electrons. The fraction of sp³-hybridized carbons (Fsp3) is 0.385. The quantitative estimate of drug-likeness (QED) is 0.308. The topological polar surface area (TPSA) is 63.7 Å². The SMILES string of the molecule is CCCCCCNC(=O)c1csc(CN(Cc2ccc(Cl)cc2)Cc2ccc3c(c2)OCO3)n1. The van der Waals surface area contributed by atoms with Crippen LogP contribution in [0.5, 0.6) is 11.5 Å². The molecule has 1 N–H and O–H groups in total. The lowest BCUT2D eigenvalue weighted by Crippen LogP contribution is -2.25. The van der Waals surface area contributed by atoms with Gasteiger partial charge in [0, 0.05) is 30.0 Å². The average molecular weight is 500 g/mol. The highest BCUT2D eigenvalue weighted by Gasteiger charge is 2.17. The van der Waals surface area contributed by atoms with Crippen molar-refractivity contribution in [1.82, 2.24) is 15.2 Å². The Labute approximate surface area is 209 Å². The van der Waals surface area contributed by atoms with Gasteiger partial charge in [-0.2, -0.15) is 0 Å². The van der Waals surface area contributed by atoms with Gasteiger partial charge in [-0.15, -0.1) is 11.3 Å². The van der Waals surface area contributed by atoms with Gasteiger partial charge in [0.2, 0.25) is 6.79 Å². The summed E-state index contributed by atoms with van der Waals surface area (Å²) in [6.07, 6.45) is 4.52. The molecule has 0 saturated heterocycles. The molecule has 1 aromatic heterocycles. The Morgan fingerprint density at radius 3 is 2.62 bits per heavy atom. The lowest BCUT2D eigenvalue weighted by atomic mass is 10.1. The van der Waals surface area contributed by atoms with Crippen molar-refractivity contribution < 1.29 is 14.3 Å². The van der Waals surface area contributed by atoms with E-state index in [2.05, 4.69) is 28.2 Å². The number of unbranched alkanes of at least 4 members (excludes halogenated alkanes) is 3. The van der Waals surface area contributed by atoms with E-state index in [4.69, 9.17) is 21.1 Å². The zero-order chi connectivity index (χ0) is 23.8. The predicted octanol–water partition coefficient (Wildman–Crippen LogP) is 6.04. The first-order chi connectivity index (χ1) is 16.6. The maximum Gasteiger partial charge on any atom is 0.270 e. The first kappa shape index (κ1) is 24.5. The standard InChI is InChI=1S/C26H30ClN3O3S/c1-2-3-4-5-12-28-26(31)22-17-34-25(29-22)16-30(14-19-6-9-21(27)10-7-19)15-20-8-11-23-24(13-20)33-18-32-23/h6-11,13,17H,2-5,12,14-16,18H2,1H3,(H,28,31). The molecule has 2 heterocycles. The van der Waals surface area contributed by atoms with Gasteiger partial charge < -0.3 is 14.8 Å². The first-order valence-electron chi connectivity index (χ1n) is 11.7. The predicted molar refractivity (Wildman–Crippen MR) is 136 cm³/mol. The fourth-order valence-electron chi connectivity index (χ4n) is 3.84. The molecule has 0 aliphatic carbocycles. The number of carbonyl (C=O) groups is 1. The van der Waals surface area contributed by atoms with Crippen molar-refractivity contribution in [2.24, 2.45) is 0 Å².